The Bertz CT molecular complexity index is 56.2. The van der Waals surface area contributed by atoms with Crippen molar-refractivity contribution < 1.29 is 52.4 Å². The summed E-state index contributed by atoms with van der Waals surface area (Å²) < 4.78 is 0. The Morgan fingerprint density at radius 1 is 0.192 bits per heavy atom. The van der Waals surface area contributed by atoms with Gasteiger partial charge in [-0.05, 0) is 0 Å². The van der Waals surface area contributed by atoms with Crippen molar-refractivity contribution in [3.05, 3.63) is 42.5 Å². The SMILES string of the molecule is C[N-]C.C[N-]C.C[N-]C.C[N-]C.C[N-]C.C[N-]C.C[N-]C.C[N-]C.[Zr+4].[Zr+4]. The fourth-order valence-electron chi connectivity index (χ4n) is 0. The minimum Gasteiger partial charge on any atom is -0.668 e. The average Bonchev–Trinajstić information content (AvgIpc) is 2.45. The van der Waals surface area contributed by atoms with Crippen LogP contribution in [-0.2, 0) is 52.4 Å². The molecule has 0 spiro atoms. The van der Waals surface area contributed by atoms with E-state index >= 15 is 0 Å². The van der Waals surface area contributed by atoms with Gasteiger partial charge in [-0.3, -0.25) is 0 Å². The normalized spacial score (nSPS) is 5.54. The van der Waals surface area contributed by atoms with Crippen molar-refractivity contribution in [1.29, 1.82) is 0 Å². The van der Waals surface area contributed by atoms with Crippen LogP contribution in [0.3, 0.4) is 0 Å². The van der Waals surface area contributed by atoms with Crippen LogP contribution in [0, 0.1) is 0 Å². The molecular weight excluding hydrogens is 487 g/mol. The molecule has 26 heavy (non-hydrogen) atoms. The minimum atomic E-state index is 0. The Hall–Kier alpha value is 1.45. The molecule has 0 fully saturated rings. The van der Waals surface area contributed by atoms with E-state index in [9.17, 15) is 0 Å². The van der Waals surface area contributed by atoms with Gasteiger partial charge in [-0.1, -0.05) is 0 Å². The first-order valence-electron chi connectivity index (χ1n) is 7.16. The second kappa shape index (κ2) is 192. The van der Waals surface area contributed by atoms with E-state index in [1.807, 2.05) is 0 Å². The van der Waals surface area contributed by atoms with E-state index in [1.54, 1.807) is 113 Å². The van der Waals surface area contributed by atoms with Crippen molar-refractivity contribution in [3.63, 3.8) is 0 Å². The molecule has 0 aromatic heterocycles. The predicted octanol–water partition coefficient (Wildman–Crippen LogP) is 4.95. The fourth-order valence-corrected chi connectivity index (χ4v) is 0. The monoisotopic (exact) mass is 532 g/mol. The summed E-state index contributed by atoms with van der Waals surface area (Å²) in [5, 5.41) is 28.0. The predicted molar refractivity (Wildman–Crippen MR) is 122 cm³/mol. The summed E-state index contributed by atoms with van der Waals surface area (Å²) >= 11 is 0. The molecule has 0 bridgehead atoms. The van der Waals surface area contributed by atoms with E-state index in [-0.39, 0.29) is 52.4 Å². The van der Waals surface area contributed by atoms with Crippen LogP contribution in [0.25, 0.3) is 42.5 Å². The van der Waals surface area contributed by atoms with Gasteiger partial charge in [0, 0.05) is 0 Å². The van der Waals surface area contributed by atoms with Crippen molar-refractivity contribution in [2.75, 3.05) is 113 Å². The minimum absolute atomic E-state index is 0. The molecule has 10 heteroatoms. The van der Waals surface area contributed by atoms with E-state index < -0.39 is 0 Å². The molecule has 0 atom stereocenters. The Balaban J connectivity index is -0.0000000139. The maximum absolute atomic E-state index is 3.50. The van der Waals surface area contributed by atoms with Crippen LogP contribution >= 0.6 is 0 Å². The van der Waals surface area contributed by atoms with Gasteiger partial charge in [-0.2, -0.15) is 113 Å². The van der Waals surface area contributed by atoms with Crippen LogP contribution in [-0.4, -0.2) is 113 Å². The van der Waals surface area contributed by atoms with Crippen molar-refractivity contribution in [2.24, 2.45) is 0 Å². The second-order valence-corrected chi connectivity index (χ2v) is 3.58. The van der Waals surface area contributed by atoms with Gasteiger partial charge in [0.05, 0.1) is 0 Å². The van der Waals surface area contributed by atoms with Crippen molar-refractivity contribution >= 4 is 0 Å². The largest absolute Gasteiger partial charge is 4.00 e. The van der Waals surface area contributed by atoms with Gasteiger partial charge in [0.1, 0.15) is 0 Å². The Kier molecular flexibility index (Phi) is 466. The first-order valence-corrected chi connectivity index (χ1v) is 7.16. The van der Waals surface area contributed by atoms with Gasteiger partial charge in [0.2, 0.25) is 0 Å². The number of hydrogen-bond acceptors (Lipinski definition) is 0. The van der Waals surface area contributed by atoms with Crippen LogP contribution < -0.4 is 0 Å². The van der Waals surface area contributed by atoms with Gasteiger partial charge >= 0.3 is 52.4 Å². The molecule has 0 aliphatic heterocycles. The van der Waals surface area contributed by atoms with E-state index in [2.05, 4.69) is 42.5 Å². The third-order valence-corrected chi connectivity index (χ3v) is 0. The average molecular weight is 535 g/mol. The molecule has 0 rings (SSSR count). The number of rotatable bonds is 0. The third-order valence-electron chi connectivity index (χ3n) is 0. The molecule has 0 aliphatic rings. The zero-order valence-electron chi connectivity index (χ0n) is 20.6. The molecular formula is C16H48N8Zr2. The summed E-state index contributed by atoms with van der Waals surface area (Å²) in [6.07, 6.45) is 0. The molecule has 160 valence electrons. The summed E-state index contributed by atoms with van der Waals surface area (Å²) in [4.78, 5) is 0. The van der Waals surface area contributed by atoms with Gasteiger partial charge in [-0.15, -0.1) is 0 Å². The summed E-state index contributed by atoms with van der Waals surface area (Å²) in [7, 11) is 28.0. The smallest absolute Gasteiger partial charge is 0.668 e. The van der Waals surface area contributed by atoms with Gasteiger partial charge < -0.3 is 42.5 Å². The maximum atomic E-state index is 3.50. The van der Waals surface area contributed by atoms with Crippen molar-refractivity contribution in [3.8, 4) is 0 Å². The molecule has 0 amide bonds. The van der Waals surface area contributed by atoms with Gasteiger partial charge in [0.15, 0.2) is 0 Å². The summed E-state index contributed by atoms with van der Waals surface area (Å²) in [6.45, 7) is 0. The first kappa shape index (κ1) is 63.1. The van der Waals surface area contributed by atoms with E-state index in [0.717, 1.165) is 0 Å². The van der Waals surface area contributed by atoms with Crippen LogP contribution in [0.5, 0.6) is 0 Å². The van der Waals surface area contributed by atoms with E-state index in [4.69, 9.17) is 0 Å². The first-order chi connectivity index (χ1) is 11.3. The zero-order valence-corrected chi connectivity index (χ0v) is 25.5. The topological polar surface area (TPSA) is 113 Å². The molecule has 0 saturated heterocycles. The standard InChI is InChI=1S/8C2H6N.2Zr/c8*1-3-2;;/h8*1-2H3;;/q8*-1;2*+4. The van der Waals surface area contributed by atoms with E-state index in [0.29, 0.717) is 0 Å². The quantitative estimate of drug-likeness (QED) is 0.418. The van der Waals surface area contributed by atoms with Gasteiger partial charge in [-0.25, -0.2) is 0 Å². The number of hydrogen-bond donors (Lipinski definition) is 0. The van der Waals surface area contributed by atoms with Gasteiger partial charge in [0.25, 0.3) is 0 Å². The third kappa shape index (κ3) is 7270. The molecule has 0 radical (unpaired) electrons. The van der Waals surface area contributed by atoms with Crippen LogP contribution in [0.4, 0.5) is 0 Å². The Morgan fingerprint density at radius 3 is 0.192 bits per heavy atom. The molecule has 0 heterocycles. The summed E-state index contributed by atoms with van der Waals surface area (Å²) in [6, 6.07) is 0. The van der Waals surface area contributed by atoms with Crippen LogP contribution in [0.1, 0.15) is 0 Å². The maximum Gasteiger partial charge on any atom is 4.00 e. The summed E-state index contributed by atoms with van der Waals surface area (Å²) in [5.74, 6) is 0. The second-order valence-electron chi connectivity index (χ2n) is 3.58. The van der Waals surface area contributed by atoms with Crippen molar-refractivity contribution in [1.82, 2.24) is 0 Å². The summed E-state index contributed by atoms with van der Waals surface area (Å²) in [5.41, 5.74) is 0. The van der Waals surface area contributed by atoms with Crippen LogP contribution in [0.2, 0.25) is 0 Å². The molecule has 0 aliphatic carbocycles. The molecule has 8 nitrogen and oxygen atoms in total. The van der Waals surface area contributed by atoms with Crippen molar-refractivity contribution in [2.45, 2.75) is 0 Å². The van der Waals surface area contributed by atoms with E-state index in [1.165, 1.54) is 0 Å². The number of nitrogens with zero attached hydrogens (tertiary/aromatic N) is 8. The van der Waals surface area contributed by atoms with Crippen LogP contribution in [0.15, 0.2) is 0 Å². The molecule has 0 aromatic carbocycles. The molecule has 0 saturated carbocycles. The Morgan fingerprint density at radius 2 is 0.192 bits per heavy atom. The molecule has 0 N–H and O–H groups in total. The molecule has 0 unspecified atom stereocenters. The zero-order chi connectivity index (χ0) is 21.7. The Labute approximate surface area is 206 Å². The molecule has 0 aromatic rings. The fraction of sp³-hybridized carbons (Fsp3) is 1.00.